The number of amides is 1. The fourth-order valence-electron chi connectivity index (χ4n) is 3.83. The summed E-state index contributed by atoms with van der Waals surface area (Å²) in [5.41, 5.74) is 3.90. The third kappa shape index (κ3) is 5.15. The maximum absolute atomic E-state index is 13.5. The van der Waals surface area contributed by atoms with E-state index < -0.39 is 5.92 Å². The number of carbonyl (C=O) groups excluding carboxylic acids is 1. The topological polar surface area (TPSA) is 64.9 Å². The fourth-order valence-corrected chi connectivity index (χ4v) is 5.46. The van der Waals surface area contributed by atoms with Gasteiger partial charge in [0.1, 0.15) is 0 Å². The van der Waals surface area contributed by atoms with Crippen LogP contribution in [-0.2, 0) is 10.5 Å². The second-order valence-electron chi connectivity index (χ2n) is 7.67. The highest BCUT2D eigenvalue weighted by atomic mass is 35.5. The van der Waals surface area contributed by atoms with Crippen LogP contribution in [0, 0.1) is 11.3 Å². The first-order chi connectivity index (χ1) is 16.5. The molecule has 0 aliphatic carbocycles. The van der Waals surface area contributed by atoms with E-state index in [-0.39, 0.29) is 5.91 Å². The third-order valence-corrected chi connectivity index (χ3v) is 7.25. The summed E-state index contributed by atoms with van der Waals surface area (Å²) < 4.78 is 0. The van der Waals surface area contributed by atoms with E-state index in [1.807, 2.05) is 79.7 Å². The zero-order valence-electron chi connectivity index (χ0n) is 18.3. The molecule has 1 heterocycles. The molecule has 1 aliphatic rings. The Balaban J connectivity index is 1.75. The number of halogens is 2. The molecule has 0 aromatic heterocycles. The van der Waals surface area contributed by atoms with Crippen LogP contribution in [0.1, 0.15) is 24.0 Å². The molecule has 0 saturated heterocycles. The van der Waals surface area contributed by atoms with Crippen LogP contribution in [0.25, 0.3) is 0 Å². The Hall–Kier alpha value is -3.17. The van der Waals surface area contributed by atoms with Crippen molar-refractivity contribution >= 4 is 46.6 Å². The highest BCUT2D eigenvalue weighted by molar-refractivity contribution is 8.02. The van der Waals surface area contributed by atoms with Crippen molar-refractivity contribution in [1.29, 1.82) is 5.26 Å². The van der Waals surface area contributed by atoms with Crippen molar-refractivity contribution in [1.82, 2.24) is 5.32 Å². The van der Waals surface area contributed by atoms with Crippen molar-refractivity contribution in [3.8, 4) is 6.07 Å². The van der Waals surface area contributed by atoms with Gasteiger partial charge in [0, 0.05) is 32.8 Å². The number of carbonyl (C=O) groups is 1. The van der Waals surface area contributed by atoms with Gasteiger partial charge in [0.15, 0.2) is 0 Å². The van der Waals surface area contributed by atoms with Gasteiger partial charge in [0.2, 0.25) is 0 Å². The van der Waals surface area contributed by atoms with Gasteiger partial charge in [0.25, 0.3) is 5.91 Å². The lowest BCUT2D eigenvalue weighted by atomic mass is 9.82. The number of para-hydroxylation sites is 1. The van der Waals surface area contributed by atoms with Crippen LogP contribution < -0.4 is 10.6 Å². The minimum absolute atomic E-state index is 0.288. The molecule has 4 nitrogen and oxygen atoms in total. The lowest BCUT2D eigenvalue weighted by Gasteiger charge is -2.30. The molecule has 0 fully saturated rings. The number of allylic oxidation sites excluding steroid dienone is 2. The molecular formula is C27H21Cl2N3OS. The second kappa shape index (κ2) is 10.8. The highest BCUT2D eigenvalue weighted by Crippen LogP contribution is 2.43. The molecule has 170 valence electrons. The number of thioether (sulfide) groups is 1. The van der Waals surface area contributed by atoms with E-state index >= 15 is 0 Å². The molecule has 2 N–H and O–H groups in total. The maximum atomic E-state index is 13.5. The number of rotatable bonds is 6. The standard InChI is InChI=1S/C27H21Cl2N3OS/c1-17-24(26(33)32-19-10-3-2-4-11-19)25(20-12-6-8-14-23(20)29)21(15-30)27(31-17)34-16-18-9-5-7-13-22(18)28/h2-14,25,31H,16H2,1H3,(H,32,33)/t25-/m1/s1. The average molecular weight is 506 g/mol. The van der Waals surface area contributed by atoms with E-state index in [0.717, 1.165) is 5.56 Å². The lowest BCUT2D eigenvalue weighted by Crippen LogP contribution is -2.30. The van der Waals surface area contributed by atoms with E-state index in [0.29, 0.717) is 48.9 Å². The molecule has 0 radical (unpaired) electrons. The zero-order chi connectivity index (χ0) is 24.1. The normalized spacial score (nSPS) is 15.5. The second-order valence-corrected chi connectivity index (χ2v) is 9.47. The van der Waals surface area contributed by atoms with Gasteiger partial charge in [0.05, 0.1) is 22.6 Å². The van der Waals surface area contributed by atoms with E-state index in [1.165, 1.54) is 11.8 Å². The van der Waals surface area contributed by atoms with Gasteiger partial charge in [-0.15, -0.1) is 11.8 Å². The SMILES string of the molecule is CC1=C(C(=O)Nc2ccccc2)[C@H](c2ccccc2Cl)C(C#N)=C(SCc2ccccc2Cl)N1. The largest absolute Gasteiger partial charge is 0.353 e. The van der Waals surface area contributed by atoms with Crippen LogP contribution in [0.3, 0.4) is 0 Å². The van der Waals surface area contributed by atoms with Crippen LogP contribution in [-0.4, -0.2) is 5.91 Å². The number of nitriles is 1. The summed E-state index contributed by atoms with van der Waals surface area (Å²) in [5, 5.41) is 18.3. The Morgan fingerprint density at radius 1 is 1.00 bits per heavy atom. The molecule has 7 heteroatoms. The molecule has 0 bridgehead atoms. The predicted molar refractivity (Wildman–Crippen MR) is 140 cm³/mol. The molecule has 3 aromatic carbocycles. The first kappa shape index (κ1) is 24.0. The molecule has 0 unspecified atom stereocenters. The van der Waals surface area contributed by atoms with Crippen molar-refractivity contribution in [2.75, 3.05) is 5.32 Å². The first-order valence-corrected chi connectivity index (χ1v) is 12.3. The van der Waals surface area contributed by atoms with Gasteiger partial charge in [-0.05, 0) is 42.3 Å². The first-order valence-electron chi connectivity index (χ1n) is 10.6. The van der Waals surface area contributed by atoms with Gasteiger partial charge in [-0.1, -0.05) is 77.8 Å². The Morgan fingerprint density at radius 3 is 2.32 bits per heavy atom. The average Bonchev–Trinajstić information content (AvgIpc) is 2.84. The van der Waals surface area contributed by atoms with E-state index in [1.54, 1.807) is 6.07 Å². The monoisotopic (exact) mass is 505 g/mol. The van der Waals surface area contributed by atoms with Crippen LogP contribution >= 0.6 is 35.0 Å². The summed E-state index contributed by atoms with van der Waals surface area (Å²) in [5.74, 6) is -0.331. The summed E-state index contributed by atoms with van der Waals surface area (Å²) in [6, 6.07) is 26.5. The Labute approximate surface area is 213 Å². The molecule has 0 spiro atoms. The molecule has 1 atom stereocenters. The Bertz CT molecular complexity index is 1330. The van der Waals surface area contributed by atoms with Gasteiger partial charge in [-0.25, -0.2) is 0 Å². The van der Waals surface area contributed by atoms with Crippen molar-refractivity contribution in [2.45, 2.75) is 18.6 Å². The number of nitrogens with zero attached hydrogens (tertiary/aromatic N) is 1. The smallest absolute Gasteiger partial charge is 0.254 e. The molecule has 0 saturated carbocycles. The van der Waals surface area contributed by atoms with Crippen molar-refractivity contribution in [2.24, 2.45) is 0 Å². The van der Waals surface area contributed by atoms with Crippen LogP contribution in [0.4, 0.5) is 5.69 Å². The quantitative estimate of drug-likeness (QED) is 0.369. The number of hydrogen-bond acceptors (Lipinski definition) is 4. The van der Waals surface area contributed by atoms with Crippen LogP contribution in [0.5, 0.6) is 0 Å². The van der Waals surface area contributed by atoms with Gasteiger partial charge < -0.3 is 10.6 Å². The molecule has 4 rings (SSSR count). The third-order valence-electron chi connectivity index (χ3n) is 5.47. The van der Waals surface area contributed by atoms with Crippen LogP contribution in [0.15, 0.2) is 101 Å². The molecular weight excluding hydrogens is 485 g/mol. The summed E-state index contributed by atoms with van der Waals surface area (Å²) in [6.07, 6.45) is 0. The number of anilines is 1. The zero-order valence-corrected chi connectivity index (χ0v) is 20.6. The maximum Gasteiger partial charge on any atom is 0.254 e. The van der Waals surface area contributed by atoms with Crippen molar-refractivity contribution < 1.29 is 4.79 Å². The van der Waals surface area contributed by atoms with E-state index in [9.17, 15) is 10.1 Å². The number of hydrogen-bond donors (Lipinski definition) is 2. The number of benzene rings is 3. The minimum Gasteiger partial charge on any atom is -0.353 e. The van der Waals surface area contributed by atoms with Gasteiger partial charge >= 0.3 is 0 Å². The lowest BCUT2D eigenvalue weighted by molar-refractivity contribution is -0.113. The van der Waals surface area contributed by atoms with Crippen molar-refractivity contribution in [3.63, 3.8) is 0 Å². The van der Waals surface area contributed by atoms with E-state index in [4.69, 9.17) is 23.2 Å². The number of dihydropyridines is 1. The fraction of sp³-hybridized carbons (Fsp3) is 0.111. The Morgan fingerprint density at radius 2 is 1.65 bits per heavy atom. The minimum atomic E-state index is -0.614. The summed E-state index contributed by atoms with van der Waals surface area (Å²) in [6.45, 7) is 1.84. The molecule has 1 aliphatic heterocycles. The van der Waals surface area contributed by atoms with Gasteiger partial charge in [-0.3, -0.25) is 4.79 Å². The summed E-state index contributed by atoms with van der Waals surface area (Å²) in [7, 11) is 0. The Kier molecular flexibility index (Phi) is 7.64. The summed E-state index contributed by atoms with van der Waals surface area (Å²) >= 11 is 14.4. The number of nitrogens with one attached hydrogen (secondary N) is 2. The van der Waals surface area contributed by atoms with Crippen LogP contribution in [0.2, 0.25) is 10.0 Å². The molecule has 3 aromatic rings. The van der Waals surface area contributed by atoms with E-state index in [2.05, 4.69) is 16.7 Å². The predicted octanol–water partition coefficient (Wildman–Crippen LogP) is 7.26. The molecule has 1 amide bonds. The van der Waals surface area contributed by atoms with Gasteiger partial charge in [-0.2, -0.15) is 5.26 Å². The molecule has 34 heavy (non-hydrogen) atoms. The summed E-state index contributed by atoms with van der Waals surface area (Å²) in [4.78, 5) is 13.5. The highest BCUT2D eigenvalue weighted by Gasteiger charge is 2.35. The van der Waals surface area contributed by atoms with Crippen molar-refractivity contribution in [3.05, 3.63) is 122 Å².